The molecule has 1 amide bonds. The van der Waals surface area contributed by atoms with Crippen LogP contribution < -0.4 is 14.4 Å². The van der Waals surface area contributed by atoms with Gasteiger partial charge in [-0.2, -0.15) is 0 Å². The highest BCUT2D eigenvalue weighted by Crippen LogP contribution is 2.20. The topological polar surface area (TPSA) is 78.9 Å². The molecule has 2 aromatic carbocycles. The highest BCUT2D eigenvalue weighted by Gasteiger charge is 2.25. The monoisotopic (exact) mass is 451 g/mol. The number of nitrogens with zero attached hydrogens (tertiary/aromatic N) is 2. The lowest BCUT2D eigenvalue weighted by atomic mass is 10.2. The van der Waals surface area contributed by atoms with Crippen molar-refractivity contribution in [3.05, 3.63) is 53.6 Å². The van der Waals surface area contributed by atoms with Gasteiger partial charge in [-0.05, 0) is 62.4 Å². The standard InChI is InChI=1S/C21H26ClN3O4S/c1-16(2)29-20-9-5-18(6-10-20)23-30(27,28)15-21(26)25-13-11-24(12-14-25)19-7-3-17(22)4-8-19/h3-10,16,23H,11-15H2,1-2H3. The Morgan fingerprint density at radius 2 is 1.63 bits per heavy atom. The van der Waals surface area contributed by atoms with Gasteiger partial charge in [0.2, 0.25) is 15.9 Å². The van der Waals surface area contributed by atoms with E-state index < -0.39 is 21.7 Å². The number of amides is 1. The molecule has 1 N–H and O–H groups in total. The van der Waals surface area contributed by atoms with Crippen LogP contribution in [-0.2, 0) is 14.8 Å². The number of piperazine rings is 1. The van der Waals surface area contributed by atoms with Crippen LogP contribution in [0.2, 0.25) is 5.02 Å². The number of rotatable bonds is 7. The molecule has 0 atom stereocenters. The van der Waals surface area contributed by atoms with Crippen molar-refractivity contribution >= 4 is 38.9 Å². The Bertz CT molecular complexity index is 955. The minimum absolute atomic E-state index is 0.0327. The summed E-state index contributed by atoms with van der Waals surface area (Å²) < 4.78 is 32.8. The minimum Gasteiger partial charge on any atom is -0.491 e. The van der Waals surface area contributed by atoms with Crippen molar-refractivity contribution in [1.29, 1.82) is 0 Å². The number of hydrogen-bond donors (Lipinski definition) is 1. The SMILES string of the molecule is CC(C)Oc1ccc(NS(=O)(=O)CC(=O)N2CCN(c3ccc(Cl)cc3)CC2)cc1. The fourth-order valence-electron chi connectivity index (χ4n) is 3.21. The lowest BCUT2D eigenvalue weighted by Crippen LogP contribution is -2.50. The molecule has 0 radical (unpaired) electrons. The van der Waals surface area contributed by atoms with E-state index in [1.165, 1.54) is 0 Å². The third kappa shape index (κ3) is 6.27. The van der Waals surface area contributed by atoms with Gasteiger partial charge in [-0.1, -0.05) is 11.6 Å². The molecule has 0 saturated carbocycles. The first kappa shape index (κ1) is 22.2. The molecule has 1 aliphatic rings. The second-order valence-corrected chi connectivity index (χ2v) is 9.56. The lowest BCUT2D eigenvalue weighted by molar-refractivity contribution is -0.128. The summed E-state index contributed by atoms with van der Waals surface area (Å²) >= 11 is 5.92. The first-order valence-electron chi connectivity index (χ1n) is 9.77. The Balaban J connectivity index is 1.51. The van der Waals surface area contributed by atoms with Crippen molar-refractivity contribution < 1.29 is 17.9 Å². The van der Waals surface area contributed by atoms with Crippen LogP contribution in [0.15, 0.2) is 48.5 Å². The number of anilines is 2. The van der Waals surface area contributed by atoms with Crippen LogP contribution >= 0.6 is 11.6 Å². The zero-order chi connectivity index (χ0) is 21.7. The van der Waals surface area contributed by atoms with Gasteiger partial charge in [0.25, 0.3) is 0 Å². The summed E-state index contributed by atoms with van der Waals surface area (Å²) in [5.74, 6) is -0.335. The van der Waals surface area contributed by atoms with E-state index >= 15 is 0 Å². The zero-order valence-corrected chi connectivity index (χ0v) is 18.6. The lowest BCUT2D eigenvalue weighted by Gasteiger charge is -2.36. The Morgan fingerprint density at radius 1 is 1.03 bits per heavy atom. The maximum atomic E-state index is 12.5. The van der Waals surface area contributed by atoms with E-state index in [4.69, 9.17) is 16.3 Å². The first-order chi connectivity index (χ1) is 14.2. The number of sulfonamides is 1. The molecule has 0 aliphatic carbocycles. The maximum Gasteiger partial charge on any atom is 0.241 e. The molecule has 0 spiro atoms. The quantitative estimate of drug-likeness (QED) is 0.699. The fraction of sp³-hybridized carbons (Fsp3) is 0.381. The largest absolute Gasteiger partial charge is 0.491 e. The van der Waals surface area contributed by atoms with Crippen LogP contribution in [0.5, 0.6) is 5.75 Å². The maximum absolute atomic E-state index is 12.5. The Hall–Kier alpha value is -2.45. The van der Waals surface area contributed by atoms with Crippen molar-refractivity contribution in [1.82, 2.24) is 4.90 Å². The molecule has 162 valence electrons. The van der Waals surface area contributed by atoms with E-state index in [1.807, 2.05) is 38.1 Å². The van der Waals surface area contributed by atoms with Crippen molar-refractivity contribution in [2.24, 2.45) is 0 Å². The summed E-state index contributed by atoms with van der Waals surface area (Å²) in [5, 5.41) is 0.673. The predicted molar refractivity (Wildman–Crippen MR) is 120 cm³/mol. The number of halogens is 1. The summed E-state index contributed by atoms with van der Waals surface area (Å²) in [6.07, 6.45) is 0.0327. The molecule has 2 aromatic rings. The Morgan fingerprint density at radius 3 is 2.20 bits per heavy atom. The van der Waals surface area contributed by atoms with Gasteiger partial charge < -0.3 is 14.5 Å². The molecular formula is C21H26ClN3O4S. The van der Waals surface area contributed by atoms with Crippen LogP contribution in [0.3, 0.4) is 0 Å². The van der Waals surface area contributed by atoms with E-state index in [-0.39, 0.29) is 6.10 Å². The van der Waals surface area contributed by atoms with E-state index in [1.54, 1.807) is 29.2 Å². The molecule has 9 heteroatoms. The van der Waals surface area contributed by atoms with Crippen LogP contribution in [0.4, 0.5) is 11.4 Å². The van der Waals surface area contributed by atoms with Gasteiger partial charge in [-0.3, -0.25) is 9.52 Å². The molecule has 7 nitrogen and oxygen atoms in total. The number of benzene rings is 2. The average molecular weight is 452 g/mol. The van der Waals surface area contributed by atoms with Crippen LogP contribution in [0.1, 0.15) is 13.8 Å². The van der Waals surface area contributed by atoms with Gasteiger partial charge in [0, 0.05) is 42.6 Å². The second-order valence-electron chi connectivity index (χ2n) is 7.40. The third-order valence-electron chi connectivity index (χ3n) is 4.64. The summed E-state index contributed by atoms with van der Waals surface area (Å²) in [4.78, 5) is 16.3. The fourth-order valence-corrected chi connectivity index (χ4v) is 4.41. The normalized spacial score (nSPS) is 14.7. The number of nitrogens with one attached hydrogen (secondary N) is 1. The number of carbonyl (C=O) groups is 1. The van der Waals surface area contributed by atoms with Gasteiger partial charge in [-0.25, -0.2) is 8.42 Å². The molecule has 3 rings (SSSR count). The van der Waals surface area contributed by atoms with Crippen molar-refractivity contribution in [3.8, 4) is 5.75 Å². The molecule has 1 fully saturated rings. The van der Waals surface area contributed by atoms with Crippen LogP contribution in [0, 0.1) is 0 Å². The number of ether oxygens (including phenoxy) is 1. The second kappa shape index (κ2) is 9.57. The molecule has 1 saturated heterocycles. The van der Waals surface area contributed by atoms with Crippen molar-refractivity contribution in [3.63, 3.8) is 0 Å². The Kier molecular flexibility index (Phi) is 7.10. The number of hydrogen-bond acceptors (Lipinski definition) is 5. The average Bonchev–Trinajstić information content (AvgIpc) is 2.69. The molecule has 0 bridgehead atoms. The van der Waals surface area contributed by atoms with Gasteiger partial charge in [-0.15, -0.1) is 0 Å². The number of carbonyl (C=O) groups excluding carboxylic acids is 1. The highest BCUT2D eigenvalue weighted by molar-refractivity contribution is 7.93. The summed E-state index contributed by atoms with van der Waals surface area (Å²) in [5.41, 5.74) is 1.43. The van der Waals surface area contributed by atoms with E-state index in [9.17, 15) is 13.2 Å². The van der Waals surface area contributed by atoms with Crippen molar-refractivity contribution in [2.75, 3.05) is 41.6 Å². The minimum atomic E-state index is -3.80. The predicted octanol–water partition coefficient (Wildman–Crippen LogP) is 3.22. The van der Waals surface area contributed by atoms with Gasteiger partial charge >= 0.3 is 0 Å². The highest BCUT2D eigenvalue weighted by atomic mass is 35.5. The van der Waals surface area contributed by atoms with Crippen LogP contribution in [-0.4, -0.2) is 57.3 Å². The first-order valence-corrected chi connectivity index (χ1v) is 11.8. The molecular weight excluding hydrogens is 426 g/mol. The smallest absolute Gasteiger partial charge is 0.241 e. The van der Waals surface area contributed by atoms with E-state index in [0.29, 0.717) is 42.6 Å². The Labute approximate surface area is 182 Å². The van der Waals surface area contributed by atoms with E-state index in [2.05, 4.69) is 9.62 Å². The summed E-state index contributed by atoms with van der Waals surface area (Å²) in [6.45, 7) is 6.04. The van der Waals surface area contributed by atoms with Gasteiger partial charge in [0.1, 0.15) is 11.5 Å². The molecule has 1 aliphatic heterocycles. The molecule has 1 heterocycles. The summed E-state index contributed by atoms with van der Waals surface area (Å²) in [7, 11) is -3.80. The van der Waals surface area contributed by atoms with Crippen molar-refractivity contribution in [2.45, 2.75) is 20.0 Å². The molecule has 0 aromatic heterocycles. The van der Waals surface area contributed by atoms with Gasteiger partial charge in [0.05, 0.1) is 6.10 Å². The third-order valence-corrected chi connectivity index (χ3v) is 6.06. The summed E-state index contributed by atoms with van der Waals surface area (Å²) in [6, 6.07) is 14.1. The van der Waals surface area contributed by atoms with Crippen LogP contribution in [0.25, 0.3) is 0 Å². The van der Waals surface area contributed by atoms with E-state index in [0.717, 1.165) is 5.69 Å². The molecule has 30 heavy (non-hydrogen) atoms. The molecule has 0 unspecified atom stereocenters. The van der Waals surface area contributed by atoms with Gasteiger partial charge in [0.15, 0.2) is 0 Å². The zero-order valence-electron chi connectivity index (χ0n) is 17.0.